The summed E-state index contributed by atoms with van der Waals surface area (Å²) < 4.78 is 1.63. The standard InChI is InChI=1S/C13H7Br2N3O2/c14-10-2-1-3-11(15)13(10)17-12-5-4-9(18(19)20)6-8(12)7-16/h1-6,17H. The Morgan fingerprint density at radius 1 is 1.20 bits per heavy atom. The van der Waals surface area contributed by atoms with Crippen LogP contribution in [0.3, 0.4) is 0 Å². The number of nitriles is 1. The van der Waals surface area contributed by atoms with Gasteiger partial charge in [0.1, 0.15) is 6.07 Å². The first-order valence-electron chi connectivity index (χ1n) is 5.42. The smallest absolute Gasteiger partial charge is 0.270 e. The Balaban J connectivity index is 2.44. The highest BCUT2D eigenvalue weighted by atomic mass is 79.9. The SMILES string of the molecule is N#Cc1cc([N+](=O)[O-])ccc1Nc1c(Br)cccc1Br. The third kappa shape index (κ3) is 2.98. The van der Waals surface area contributed by atoms with E-state index in [0.717, 1.165) is 14.6 Å². The molecule has 0 aromatic heterocycles. The Morgan fingerprint density at radius 3 is 2.40 bits per heavy atom. The average Bonchev–Trinajstić information content (AvgIpc) is 2.43. The number of para-hydroxylation sites is 1. The molecule has 20 heavy (non-hydrogen) atoms. The Morgan fingerprint density at radius 2 is 1.85 bits per heavy atom. The van der Waals surface area contributed by atoms with Crippen LogP contribution in [0.25, 0.3) is 0 Å². The summed E-state index contributed by atoms with van der Waals surface area (Å²) in [5.74, 6) is 0. The largest absolute Gasteiger partial charge is 0.353 e. The number of halogens is 2. The molecule has 0 saturated heterocycles. The quantitative estimate of drug-likeness (QED) is 0.600. The molecule has 0 amide bonds. The van der Waals surface area contributed by atoms with Crippen molar-refractivity contribution < 1.29 is 4.92 Å². The zero-order valence-corrected chi connectivity index (χ0v) is 13.1. The Kier molecular flexibility index (Phi) is 4.37. The van der Waals surface area contributed by atoms with E-state index in [1.165, 1.54) is 18.2 Å². The van der Waals surface area contributed by atoms with Crippen LogP contribution in [0, 0.1) is 21.4 Å². The minimum absolute atomic E-state index is 0.113. The Bertz CT molecular complexity index is 706. The van der Waals surface area contributed by atoms with Crippen LogP contribution in [0.15, 0.2) is 45.3 Å². The van der Waals surface area contributed by atoms with Crippen molar-refractivity contribution in [2.24, 2.45) is 0 Å². The zero-order valence-electron chi connectivity index (χ0n) is 9.93. The van der Waals surface area contributed by atoms with E-state index in [1.807, 2.05) is 24.3 Å². The summed E-state index contributed by atoms with van der Waals surface area (Å²) in [5, 5.41) is 22.9. The lowest BCUT2D eigenvalue weighted by molar-refractivity contribution is -0.384. The molecule has 5 nitrogen and oxygen atoms in total. The third-order valence-electron chi connectivity index (χ3n) is 2.56. The number of hydrogen-bond donors (Lipinski definition) is 1. The van der Waals surface area contributed by atoms with Crippen molar-refractivity contribution in [3.63, 3.8) is 0 Å². The van der Waals surface area contributed by atoms with Gasteiger partial charge in [0.05, 0.1) is 21.9 Å². The average molecular weight is 397 g/mol. The number of nitro groups is 1. The molecule has 0 atom stereocenters. The number of non-ortho nitro benzene ring substituents is 1. The van der Waals surface area contributed by atoms with Crippen LogP contribution < -0.4 is 5.32 Å². The number of hydrogen-bond acceptors (Lipinski definition) is 4. The molecule has 0 bridgehead atoms. The van der Waals surface area contributed by atoms with Crippen LogP contribution in [0.1, 0.15) is 5.56 Å². The number of rotatable bonds is 3. The van der Waals surface area contributed by atoms with E-state index in [4.69, 9.17) is 5.26 Å². The highest BCUT2D eigenvalue weighted by molar-refractivity contribution is 9.11. The monoisotopic (exact) mass is 395 g/mol. The van der Waals surface area contributed by atoms with E-state index in [2.05, 4.69) is 37.2 Å². The lowest BCUT2D eigenvalue weighted by Gasteiger charge is -2.11. The van der Waals surface area contributed by atoms with Crippen molar-refractivity contribution in [2.75, 3.05) is 5.32 Å². The fraction of sp³-hybridized carbons (Fsp3) is 0. The molecular formula is C13H7Br2N3O2. The van der Waals surface area contributed by atoms with E-state index < -0.39 is 4.92 Å². The second kappa shape index (κ2) is 6.03. The summed E-state index contributed by atoms with van der Waals surface area (Å²) in [6, 6.07) is 11.6. The predicted molar refractivity (Wildman–Crippen MR) is 82.9 cm³/mol. The molecular weight excluding hydrogens is 390 g/mol. The van der Waals surface area contributed by atoms with Gasteiger partial charge in [-0.2, -0.15) is 5.26 Å². The molecule has 0 spiro atoms. The molecule has 0 heterocycles. The number of nitrogens with zero attached hydrogens (tertiary/aromatic N) is 2. The molecule has 0 radical (unpaired) electrons. The van der Waals surface area contributed by atoms with Crippen molar-refractivity contribution in [2.45, 2.75) is 0 Å². The first-order valence-corrected chi connectivity index (χ1v) is 7.01. The predicted octanol–water partition coefficient (Wildman–Crippen LogP) is 4.74. The topological polar surface area (TPSA) is 79.0 Å². The molecule has 100 valence electrons. The summed E-state index contributed by atoms with van der Waals surface area (Å²) in [5.41, 5.74) is 1.35. The Hall–Kier alpha value is -1.91. The van der Waals surface area contributed by atoms with Crippen LogP contribution in [0.2, 0.25) is 0 Å². The first kappa shape index (κ1) is 14.5. The van der Waals surface area contributed by atoms with Gasteiger partial charge < -0.3 is 5.32 Å². The minimum atomic E-state index is -0.529. The highest BCUT2D eigenvalue weighted by Crippen LogP contribution is 2.34. The maximum Gasteiger partial charge on any atom is 0.270 e. The van der Waals surface area contributed by atoms with E-state index in [9.17, 15) is 10.1 Å². The van der Waals surface area contributed by atoms with Gasteiger partial charge in [-0.05, 0) is 50.1 Å². The van der Waals surface area contributed by atoms with Gasteiger partial charge in [0.15, 0.2) is 0 Å². The maximum absolute atomic E-state index is 10.7. The lowest BCUT2D eigenvalue weighted by Crippen LogP contribution is -1.97. The molecule has 2 aromatic rings. The van der Waals surface area contributed by atoms with Crippen LogP contribution >= 0.6 is 31.9 Å². The summed E-state index contributed by atoms with van der Waals surface area (Å²) in [4.78, 5) is 10.2. The van der Waals surface area contributed by atoms with Crippen LogP contribution in [0.4, 0.5) is 17.1 Å². The first-order chi connectivity index (χ1) is 9.52. The fourth-order valence-corrected chi connectivity index (χ4v) is 2.80. The minimum Gasteiger partial charge on any atom is -0.353 e. The second-order valence-corrected chi connectivity index (χ2v) is 5.53. The van der Waals surface area contributed by atoms with E-state index in [0.29, 0.717) is 5.69 Å². The lowest BCUT2D eigenvalue weighted by atomic mass is 10.1. The van der Waals surface area contributed by atoms with Crippen LogP contribution in [0.5, 0.6) is 0 Å². The molecule has 0 saturated carbocycles. The third-order valence-corrected chi connectivity index (χ3v) is 3.88. The zero-order chi connectivity index (χ0) is 14.7. The summed E-state index contributed by atoms with van der Waals surface area (Å²) in [6.45, 7) is 0. The highest BCUT2D eigenvalue weighted by Gasteiger charge is 2.12. The van der Waals surface area contributed by atoms with Gasteiger partial charge in [-0.15, -0.1) is 0 Å². The molecule has 0 aliphatic rings. The summed E-state index contributed by atoms with van der Waals surface area (Å²) in [7, 11) is 0. The van der Waals surface area contributed by atoms with Gasteiger partial charge in [0, 0.05) is 21.1 Å². The molecule has 1 N–H and O–H groups in total. The molecule has 0 aliphatic heterocycles. The number of benzene rings is 2. The summed E-state index contributed by atoms with van der Waals surface area (Å²) >= 11 is 6.81. The van der Waals surface area contributed by atoms with Crippen molar-refractivity contribution in [3.8, 4) is 6.07 Å². The van der Waals surface area contributed by atoms with Gasteiger partial charge in [-0.25, -0.2) is 0 Å². The molecule has 7 heteroatoms. The van der Waals surface area contributed by atoms with Crippen LogP contribution in [-0.2, 0) is 0 Å². The van der Waals surface area contributed by atoms with Crippen molar-refractivity contribution in [3.05, 3.63) is 61.0 Å². The van der Waals surface area contributed by atoms with Crippen molar-refractivity contribution >= 4 is 48.9 Å². The maximum atomic E-state index is 10.7. The van der Waals surface area contributed by atoms with Crippen molar-refractivity contribution in [1.29, 1.82) is 5.26 Å². The van der Waals surface area contributed by atoms with Gasteiger partial charge in [0.2, 0.25) is 0 Å². The summed E-state index contributed by atoms with van der Waals surface area (Å²) in [6.07, 6.45) is 0. The fourth-order valence-electron chi connectivity index (χ4n) is 1.60. The van der Waals surface area contributed by atoms with E-state index in [1.54, 1.807) is 0 Å². The number of nitro benzene ring substituents is 1. The van der Waals surface area contributed by atoms with E-state index in [-0.39, 0.29) is 11.3 Å². The molecule has 2 aromatic carbocycles. The normalized spacial score (nSPS) is 9.85. The van der Waals surface area contributed by atoms with Gasteiger partial charge in [-0.3, -0.25) is 10.1 Å². The molecule has 0 unspecified atom stereocenters. The van der Waals surface area contributed by atoms with Crippen molar-refractivity contribution in [1.82, 2.24) is 0 Å². The van der Waals surface area contributed by atoms with E-state index >= 15 is 0 Å². The molecule has 2 rings (SSSR count). The number of nitrogens with one attached hydrogen (secondary N) is 1. The van der Waals surface area contributed by atoms with Gasteiger partial charge in [-0.1, -0.05) is 6.07 Å². The molecule has 0 fully saturated rings. The van der Waals surface area contributed by atoms with Gasteiger partial charge >= 0.3 is 0 Å². The Labute approximate surface area is 131 Å². The van der Waals surface area contributed by atoms with Crippen LogP contribution in [-0.4, -0.2) is 4.92 Å². The number of anilines is 2. The van der Waals surface area contributed by atoms with Gasteiger partial charge in [0.25, 0.3) is 5.69 Å². The molecule has 0 aliphatic carbocycles. The second-order valence-electron chi connectivity index (χ2n) is 3.82.